The van der Waals surface area contributed by atoms with Crippen LogP contribution >= 0.6 is 11.8 Å². The summed E-state index contributed by atoms with van der Waals surface area (Å²) >= 11 is 1.96. The molecule has 1 aromatic heterocycles. The lowest BCUT2D eigenvalue weighted by molar-refractivity contribution is 0.721. The molecule has 14 heavy (non-hydrogen) atoms. The average Bonchev–Trinajstić information content (AvgIpc) is 2.51. The zero-order chi connectivity index (χ0) is 10.4. The van der Waals surface area contributed by atoms with Gasteiger partial charge >= 0.3 is 0 Å². The summed E-state index contributed by atoms with van der Waals surface area (Å²) in [7, 11) is 2.04. The molecule has 2 N–H and O–H groups in total. The van der Waals surface area contributed by atoms with Crippen molar-refractivity contribution in [1.82, 2.24) is 9.55 Å². The van der Waals surface area contributed by atoms with Crippen molar-refractivity contribution >= 4 is 11.8 Å². The molecule has 0 fully saturated rings. The summed E-state index contributed by atoms with van der Waals surface area (Å²) in [6, 6.07) is 0.329. The Labute approximate surface area is 90.1 Å². The molecule has 1 rings (SSSR count). The van der Waals surface area contributed by atoms with Crippen LogP contribution in [0.1, 0.15) is 19.2 Å². The maximum Gasteiger partial charge on any atom is 0.109 e. The summed E-state index contributed by atoms with van der Waals surface area (Å²) in [5, 5.41) is 0. The van der Waals surface area contributed by atoms with Gasteiger partial charge in [-0.15, -0.1) is 0 Å². The molecule has 0 aliphatic rings. The topological polar surface area (TPSA) is 43.8 Å². The zero-order valence-electron chi connectivity index (χ0n) is 8.94. The normalized spacial score (nSPS) is 13.1. The number of rotatable bonds is 6. The van der Waals surface area contributed by atoms with Crippen LogP contribution in [0.15, 0.2) is 12.4 Å². The fourth-order valence-corrected chi connectivity index (χ4v) is 2.24. The van der Waals surface area contributed by atoms with Gasteiger partial charge in [-0.1, -0.05) is 0 Å². The Morgan fingerprint density at radius 1 is 1.57 bits per heavy atom. The lowest BCUT2D eigenvalue weighted by Crippen LogP contribution is -2.15. The van der Waals surface area contributed by atoms with Gasteiger partial charge in [-0.25, -0.2) is 4.98 Å². The van der Waals surface area contributed by atoms with Crippen LogP contribution < -0.4 is 5.73 Å². The highest BCUT2D eigenvalue weighted by Gasteiger charge is 1.99. The van der Waals surface area contributed by atoms with Gasteiger partial charge in [-0.2, -0.15) is 11.8 Å². The van der Waals surface area contributed by atoms with Crippen molar-refractivity contribution in [3.63, 3.8) is 0 Å². The quantitative estimate of drug-likeness (QED) is 0.727. The maximum absolute atomic E-state index is 5.66. The van der Waals surface area contributed by atoms with Crippen molar-refractivity contribution < 1.29 is 0 Å². The molecule has 1 heterocycles. The molecule has 0 radical (unpaired) electrons. The zero-order valence-corrected chi connectivity index (χ0v) is 9.76. The molecule has 0 aliphatic heterocycles. The van der Waals surface area contributed by atoms with Gasteiger partial charge < -0.3 is 10.3 Å². The van der Waals surface area contributed by atoms with E-state index in [0.717, 1.165) is 24.3 Å². The van der Waals surface area contributed by atoms with E-state index in [1.54, 1.807) is 0 Å². The van der Waals surface area contributed by atoms with E-state index < -0.39 is 0 Å². The third-order valence-corrected chi connectivity index (χ3v) is 3.13. The van der Waals surface area contributed by atoms with Gasteiger partial charge in [-0.3, -0.25) is 0 Å². The molecule has 0 aliphatic carbocycles. The van der Waals surface area contributed by atoms with Crippen LogP contribution in [0.25, 0.3) is 0 Å². The Kier molecular flexibility index (Phi) is 5.04. The van der Waals surface area contributed by atoms with Crippen molar-refractivity contribution in [2.24, 2.45) is 12.8 Å². The number of hydrogen-bond donors (Lipinski definition) is 1. The van der Waals surface area contributed by atoms with Crippen molar-refractivity contribution in [3.8, 4) is 0 Å². The number of hydrogen-bond acceptors (Lipinski definition) is 3. The van der Waals surface area contributed by atoms with Gasteiger partial charge in [-0.05, 0) is 19.1 Å². The van der Waals surface area contributed by atoms with Crippen LogP contribution in [-0.4, -0.2) is 27.1 Å². The number of aromatic nitrogens is 2. The molecule has 0 spiro atoms. The average molecular weight is 213 g/mol. The molecular weight excluding hydrogens is 194 g/mol. The lowest BCUT2D eigenvalue weighted by Gasteiger charge is -2.04. The van der Waals surface area contributed by atoms with E-state index in [1.807, 2.05) is 31.2 Å². The van der Waals surface area contributed by atoms with E-state index >= 15 is 0 Å². The minimum absolute atomic E-state index is 0.329. The van der Waals surface area contributed by atoms with Gasteiger partial charge in [0.2, 0.25) is 0 Å². The number of nitrogens with zero attached hydrogens (tertiary/aromatic N) is 2. The predicted molar refractivity (Wildman–Crippen MR) is 62.5 cm³/mol. The van der Waals surface area contributed by atoms with E-state index in [-0.39, 0.29) is 0 Å². The molecule has 3 nitrogen and oxygen atoms in total. The Morgan fingerprint density at radius 2 is 2.36 bits per heavy atom. The van der Waals surface area contributed by atoms with Crippen LogP contribution in [0.3, 0.4) is 0 Å². The lowest BCUT2D eigenvalue weighted by atomic mass is 10.3. The third kappa shape index (κ3) is 4.15. The fourth-order valence-electron chi connectivity index (χ4n) is 1.17. The molecule has 4 heteroatoms. The van der Waals surface area contributed by atoms with Crippen molar-refractivity contribution in [3.05, 3.63) is 18.2 Å². The highest BCUT2D eigenvalue weighted by molar-refractivity contribution is 7.99. The first kappa shape index (κ1) is 11.6. The molecule has 0 saturated carbocycles. The Bertz CT molecular complexity index is 258. The Morgan fingerprint density at radius 3 is 2.93 bits per heavy atom. The minimum Gasteiger partial charge on any atom is -0.338 e. The molecular formula is C10H19N3S. The maximum atomic E-state index is 5.66. The number of nitrogens with two attached hydrogens (primary N) is 1. The molecule has 0 amide bonds. The molecule has 0 saturated heterocycles. The first-order valence-electron chi connectivity index (χ1n) is 4.99. The molecule has 0 bridgehead atoms. The third-order valence-electron chi connectivity index (χ3n) is 2.11. The number of aryl methyl sites for hydroxylation is 2. The second kappa shape index (κ2) is 6.09. The van der Waals surface area contributed by atoms with Crippen LogP contribution in [0.2, 0.25) is 0 Å². The van der Waals surface area contributed by atoms with Gasteiger partial charge in [0, 0.05) is 37.7 Å². The number of imidazole rings is 1. The van der Waals surface area contributed by atoms with E-state index in [0.29, 0.717) is 6.04 Å². The molecule has 80 valence electrons. The summed E-state index contributed by atoms with van der Waals surface area (Å²) in [4.78, 5) is 4.27. The smallest absolute Gasteiger partial charge is 0.109 e. The van der Waals surface area contributed by atoms with E-state index in [9.17, 15) is 0 Å². The summed E-state index contributed by atoms with van der Waals surface area (Å²) < 4.78 is 2.08. The van der Waals surface area contributed by atoms with Crippen LogP contribution in [-0.2, 0) is 13.5 Å². The van der Waals surface area contributed by atoms with Crippen LogP contribution in [0, 0.1) is 0 Å². The van der Waals surface area contributed by atoms with Crippen molar-refractivity contribution in [1.29, 1.82) is 0 Å². The minimum atomic E-state index is 0.329. The largest absolute Gasteiger partial charge is 0.338 e. The molecule has 0 aromatic carbocycles. The Hall–Kier alpha value is -0.480. The first-order chi connectivity index (χ1) is 6.70. The van der Waals surface area contributed by atoms with Gasteiger partial charge in [0.1, 0.15) is 5.82 Å². The highest BCUT2D eigenvalue weighted by Crippen LogP contribution is 2.07. The summed E-state index contributed by atoms with van der Waals surface area (Å²) in [6.07, 6.45) is 5.99. The second-order valence-electron chi connectivity index (χ2n) is 3.58. The van der Waals surface area contributed by atoms with Crippen LogP contribution in [0.5, 0.6) is 0 Å². The number of thioether (sulfide) groups is 1. The summed E-state index contributed by atoms with van der Waals surface area (Å²) in [5.74, 6) is 3.46. The van der Waals surface area contributed by atoms with Gasteiger partial charge in [0.15, 0.2) is 0 Å². The Balaban J connectivity index is 2.08. The predicted octanol–water partition coefficient (Wildman–Crippen LogP) is 1.43. The van der Waals surface area contributed by atoms with Crippen molar-refractivity contribution in [2.75, 3.05) is 11.5 Å². The van der Waals surface area contributed by atoms with Gasteiger partial charge in [0.05, 0.1) is 0 Å². The molecule has 1 atom stereocenters. The second-order valence-corrected chi connectivity index (χ2v) is 4.81. The van der Waals surface area contributed by atoms with Gasteiger partial charge in [0.25, 0.3) is 0 Å². The van der Waals surface area contributed by atoms with Crippen LogP contribution in [0.4, 0.5) is 0 Å². The van der Waals surface area contributed by atoms with Crippen molar-refractivity contribution in [2.45, 2.75) is 25.8 Å². The van der Waals surface area contributed by atoms with E-state index in [1.165, 1.54) is 5.82 Å². The summed E-state index contributed by atoms with van der Waals surface area (Å²) in [6.45, 7) is 2.05. The first-order valence-corrected chi connectivity index (χ1v) is 6.15. The molecule has 1 unspecified atom stereocenters. The fraction of sp³-hybridized carbons (Fsp3) is 0.700. The van der Waals surface area contributed by atoms with E-state index in [2.05, 4.69) is 16.5 Å². The summed E-state index contributed by atoms with van der Waals surface area (Å²) in [5.41, 5.74) is 5.66. The SMILES string of the molecule is CC(N)CCSCCc1nccn1C. The highest BCUT2D eigenvalue weighted by atomic mass is 32.2. The standard InChI is InChI=1S/C10H19N3S/c1-9(11)3-7-14-8-4-10-12-5-6-13(10)2/h5-6,9H,3-4,7-8,11H2,1-2H3. The monoisotopic (exact) mass is 213 g/mol. The molecule has 1 aromatic rings. The van der Waals surface area contributed by atoms with E-state index in [4.69, 9.17) is 5.73 Å².